The number of nitrogens with zero attached hydrogens (tertiary/aromatic N) is 1. The monoisotopic (exact) mass is 247 g/mol. The zero-order chi connectivity index (χ0) is 13.8. The van der Waals surface area contributed by atoms with E-state index in [1.54, 1.807) is 0 Å². The van der Waals surface area contributed by atoms with Gasteiger partial charge in [0, 0.05) is 23.7 Å². The quantitative estimate of drug-likeness (QED) is 0.635. The Labute approximate surface area is 113 Å². The van der Waals surface area contributed by atoms with E-state index in [0.29, 0.717) is 6.04 Å². The molecule has 2 aliphatic rings. The predicted octanol–water partition coefficient (Wildman–Crippen LogP) is 4.92. The molecule has 18 heavy (non-hydrogen) atoms. The van der Waals surface area contributed by atoms with Crippen molar-refractivity contribution in [2.75, 3.05) is 6.54 Å². The second kappa shape index (κ2) is 6.26. The molecular weight excluding hydrogens is 218 g/mol. The lowest BCUT2D eigenvalue weighted by atomic mass is 9.93. The molecule has 1 heterocycles. The first-order valence-electron chi connectivity index (χ1n) is 7.38. The van der Waals surface area contributed by atoms with Gasteiger partial charge in [-0.1, -0.05) is 45.9 Å². The predicted molar refractivity (Wildman–Crippen MR) is 81.5 cm³/mol. The number of allylic oxidation sites excluding steroid dienone is 5. The Morgan fingerprint density at radius 1 is 1.11 bits per heavy atom. The van der Waals surface area contributed by atoms with E-state index in [1.807, 2.05) is 13.8 Å². The second-order valence-corrected chi connectivity index (χ2v) is 5.79. The molecule has 0 aromatic rings. The highest BCUT2D eigenvalue weighted by molar-refractivity contribution is 5.39. The van der Waals surface area contributed by atoms with E-state index >= 15 is 0 Å². The van der Waals surface area contributed by atoms with Gasteiger partial charge in [-0.25, -0.2) is 0 Å². The topological polar surface area (TPSA) is 3.24 Å². The Hall–Kier alpha value is -0.980. The second-order valence-electron chi connectivity index (χ2n) is 5.79. The minimum absolute atomic E-state index is 0.194. The number of hydrogen-bond donors (Lipinski definition) is 0. The molecule has 1 heteroatoms. The van der Waals surface area contributed by atoms with Crippen molar-refractivity contribution in [2.45, 2.75) is 60.4 Å². The fourth-order valence-corrected chi connectivity index (χ4v) is 2.45. The van der Waals surface area contributed by atoms with Crippen molar-refractivity contribution in [2.24, 2.45) is 5.41 Å². The van der Waals surface area contributed by atoms with E-state index < -0.39 is 0 Å². The Morgan fingerprint density at radius 2 is 1.72 bits per heavy atom. The van der Waals surface area contributed by atoms with Gasteiger partial charge in [0.25, 0.3) is 0 Å². The van der Waals surface area contributed by atoms with Crippen LogP contribution in [0.5, 0.6) is 0 Å². The molecule has 0 N–H and O–H groups in total. The van der Waals surface area contributed by atoms with E-state index in [0.717, 1.165) is 0 Å². The maximum atomic E-state index is 2.53. The largest absolute Gasteiger partial charge is 0.369 e. The van der Waals surface area contributed by atoms with E-state index in [-0.39, 0.29) is 5.41 Å². The maximum Gasteiger partial charge on any atom is 0.0398 e. The molecule has 1 aliphatic carbocycles. The van der Waals surface area contributed by atoms with E-state index in [9.17, 15) is 0 Å². The lowest BCUT2D eigenvalue weighted by Gasteiger charge is -2.35. The van der Waals surface area contributed by atoms with Crippen LogP contribution in [-0.2, 0) is 0 Å². The third kappa shape index (κ3) is 3.51. The van der Waals surface area contributed by atoms with Crippen molar-refractivity contribution >= 4 is 0 Å². The van der Waals surface area contributed by atoms with Crippen LogP contribution in [0.2, 0.25) is 0 Å². The minimum Gasteiger partial charge on any atom is -0.369 e. The summed E-state index contributed by atoms with van der Waals surface area (Å²) in [4.78, 5) is 2.53. The van der Waals surface area contributed by atoms with Gasteiger partial charge in [0.05, 0.1) is 0 Å². The molecule has 1 aliphatic heterocycles. The van der Waals surface area contributed by atoms with Crippen molar-refractivity contribution in [3.63, 3.8) is 0 Å². The van der Waals surface area contributed by atoms with E-state index in [1.165, 1.54) is 30.7 Å². The molecular formula is C17H29N. The molecule has 0 radical (unpaired) electrons. The molecule has 0 fully saturated rings. The van der Waals surface area contributed by atoms with E-state index in [2.05, 4.69) is 56.9 Å². The van der Waals surface area contributed by atoms with Crippen LogP contribution >= 0.6 is 0 Å². The molecule has 0 amide bonds. The summed E-state index contributed by atoms with van der Waals surface area (Å²) in [5.41, 5.74) is 3.16. The average Bonchev–Trinajstić information content (AvgIpc) is 2.51. The van der Waals surface area contributed by atoms with Crippen LogP contribution in [0, 0.1) is 5.41 Å². The summed E-state index contributed by atoms with van der Waals surface area (Å²) in [6.07, 6.45) is 11.8. The van der Waals surface area contributed by atoms with Gasteiger partial charge in [-0.15, -0.1) is 0 Å². The summed E-state index contributed by atoms with van der Waals surface area (Å²) < 4.78 is 0. The standard InChI is InChI=1S/C15H23N.C2H6/c1-12(2)16-11-5-6-13-7-9-15(3,4)10-8-14(13)16;1-2/h7-10,12H,5-6,11H2,1-4H3;1-2H3. The summed E-state index contributed by atoms with van der Waals surface area (Å²) in [6.45, 7) is 14.3. The lowest BCUT2D eigenvalue weighted by molar-refractivity contribution is 0.272. The van der Waals surface area contributed by atoms with Crippen molar-refractivity contribution in [3.8, 4) is 0 Å². The Balaban J connectivity index is 0.000000771. The zero-order valence-corrected chi connectivity index (χ0v) is 13.0. The van der Waals surface area contributed by atoms with Gasteiger partial charge >= 0.3 is 0 Å². The highest BCUT2D eigenvalue weighted by atomic mass is 15.2. The maximum absolute atomic E-state index is 2.53. The third-order valence-electron chi connectivity index (χ3n) is 3.49. The normalized spacial score (nSPS) is 21.4. The number of hydrogen-bond acceptors (Lipinski definition) is 1. The molecule has 0 unspecified atom stereocenters. The van der Waals surface area contributed by atoms with Crippen molar-refractivity contribution < 1.29 is 0 Å². The highest BCUT2D eigenvalue weighted by Crippen LogP contribution is 2.32. The van der Waals surface area contributed by atoms with Crippen molar-refractivity contribution in [3.05, 3.63) is 35.6 Å². The molecule has 0 aromatic carbocycles. The van der Waals surface area contributed by atoms with Gasteiger partial charge in [0.1, 0.15) is 0 Å². The molecule has 102 valence electrons. The lowest BCUT2D eigenvalue weighted by Crippen LogP contribution is -2.33. The summed E-state index contributed by atoms with van der Waals surface area (Å²) >= 11 is 0. The van der Waals surface area contributed by atoms with Crippen molar-refractivity contribution in [1.29, 1.82) is 0 Å². The van der Waals surface area contributed by atoms with E-state index in [4.69, 9.17) is 0 Å². The van der Waals surface area contributed by atoms with Crippen LogP contribution in [0.4, 0.5) is 0 Å². The fourth-order valence-electron chi connectivity index (χ4n) is 2.45. The molecule has 0 saturated heterocycles. The van der Waals surface area contributed by atoms with Crippen LogP contribution in [0.3, 0.4) is 0 Å². The molecule has 0 aromatic heterocycles. The Morgan fingerprint density at radius 3 is 2.33 bits per heavy atom. The van der Waals surface area contributed by atoms with Gasteiger partial charge < -0.3 is 4.90 Å². The third-order valence-corrected chi connectivity index (χ3v) is 3.49. The van der Waals surface area contributed by atoms with Gasteiger partial charge in [0.15, 0.2) is 0 Å². The highest BCUT2D eigenvalue weighted by Gasteiger charge is 2.22. The molecule has 2 rings (SSSR count). The van der Waals surface area contributed by atoms with Crippen LogP contribution in [0.1, 0.15) is 54.4 Å². The Bertz CT molecular complexity index is 356. The zero-order valence-electron chi connectivity index (χ0n) is 13.0. The SMILES string of the molecule is CC.CC(C)N1CCCC2=C1C=CC(C)(C)C=C2. The molecule has 1 nitrogen and oxygen atoms in total. The Kier molecular flexibility index (Phi) is 5.25. The first-order chi connectivity index (χ1) is 8.49. The van der Waals surface area contributed by atoms with Gasteiger partial charge in [-0.2, -0.15) is 0 Å². The fraction of sp³-hybridized carbons (Fsp3) is 0.647. The smallest absolute Gasteiger partial charge is 0.0398 e. The molecule has 0 bridgehead atoms. The van der Waals surface area contributed by atoms with Crippen LogP contribution in [0.15, 0.2) is 35.6 Å². The summed E-state index contributed by atoms with van der Waals surface area (Å²) in [5, 5.41) is 0. The average molecular weight is 247 g/mol. The van der Waals surface area contributed by atoms with Gasteiger partial charge in [-0.05, 0) is 38.3 Å². The van der Waals surface area contributed by atoms with Gasteiger partial charge in [0.2, 0.25) is 0 Å². The first kappa shape index (κ1) is 15.1. The summed E-state index contributed by atoms with van der Waals surface area (Å²) in [5.74, 6) is 0. The number of rotatable bonds is 1. The van der Waals surface area contributed by atoms with Crippen LogP contribution in [0.25, 0.3) is 0 Å². The minimum atomic E-state index is 0.194. The van der Waals surface area contributed by atoms with Crippen LogP contribution in [-0.4, -0.2) is 17.5 Å². The first-order valence-corrected chi connectivity index (χ1v) is 7.38. The van der Waals surface area contributed by atoms with Crippen molar-refractivity contribution in [1.82, 2.24) is 4.90 Å². The molecule has 0 saturated carbocycles. The van der Waals surface area contributed by atoms with Gasteiger partial charge in [-0.3, -0.25) is 0 Å². The summed E-state index contributed by atoms with van der Waals surface area (Å²) in [7, 11) is 0. The van der Waals surface area contributed by atoms with Crippen LogP contribution < -0.4 is 0 Å². The summed E-state index contributed by atoms with van der Waals surface area (Å²) in [6, 6.07) is 0.601. The molecule has 0 spiro atoms. The molecule has 0 atom stereocenters.